The number of rotatable bonds is 13. The summed E-state index contributed by atoms with van der Waals surface area (Å²) in [6.07, 6.45) is 14.5. The van der Waals surface area contributed by atoms with E-state index in [2.05, 4.69) is 52.8 Å². The predicted octanol–water partition coefficient (Wildman–Crippen LogP) is 7.49. The van der Waals surface area contributed by atoms with E-state index in [-0.39, 0.29) is 17.1 Å². The molecule has 0 saturated carbocycles. The topological polar surface area (TPSA) is 77.8 Å². The van der Waals surface area contributed by atoms with Crippen molar-refractivity contribution in [2.75, 3.05) is 0 Å². The molecule has 1 rings (SSSR count). The lowest BCUT2D eigenvalue weighted by Gasteiger charge is -2.15. The van der Waals surface area contributed by atoms with E-state index in [4.69, 9.17) is 0 Å². The van der Waals surface area contributed by atoms with Gasteiger partial charge in [0.05, 0.1) is 0 Å². The average Bonchev–Trinajstić information content (AvgIpc) is 2.66. The first-order chi connectivity index (χ1) is 14.7. The first-order valence-corrected chi connectivity index (χ1v) is 11.4. The Morgan fingerprint density at radius 2 is 1.48 bits per heavy atom. The summed E-state index contributed by atoms with van der Waals surface area (Å²) in [5, 5.41) is 30.1. The highest BCUT2D eigenvalue weighted by molar-refractivity contribution is 5.93. The molecule has 0 aromatic heterocycles. The molecule has 172 valence electrons. The molecular weight excluding hydrogens is 388 g/mol. The maximum atomic E-state index is 11.7. The lowest BCUT2D eigenvalue weighted by molar-refractivity contribution is 0.0692. The van der Waals surface area contributed by atoms with E-state index in [0.29, 0.717) is 24.0 Å². The van der Waals surface area contributed by atoms with Crippen LogP contribution >= 0.6 is 0 Å². The third-order valence-electron chi connectivity index (χ3n) is 5.53. The van der Waals surface area contributed by atoms with Crippen LogP contribution in [0.1, 0.15) is 101 Å². The number of hydrogen-bond acceptors (Lipinski definition) is 3. The second-order valence-corrected chi connectivity index (χ2v) is 8.67. The number of phenols is 2. The van der Waals surface area contributed by atoms with Crippen LogP contribution in [-0.4, -0.2) is 21.3 Å². The van der Waals surface area contributed by atoms with Gasteiger partial charge in [-0.15, -0.1) is 0 Å². The lowest BCUT2D eigenvalue weighted by Crippen LogP contribution is -2.07. The van der Waals surface area contributed by atoms with Crippen LogP contribution in [0.5, 0.6) is 11.5 Å². The Morgan fingerprint density at radius 3 is 2.06 bits per heavy atom. The van der Waals surface area contributed by atoms with Gasteiger partial charge in [0.2, 0.25) is 0 Å². The van der Waals surface area contributed by atoms with E-state index in [9.17, 15) is 20.1 Å². The molecule has 4 nitrogen and oxygen atoms in total. The number of unbranched alkanes of at least 4 members (excludes halogenated alkanes) is 2. The fourth-order valence-corrected chi connectivity index (χ4v) is 3.66. The van der Waals surface area contributed by atoms with Crippen LogP contribution < -0.4 is 0 Å². The Kier molecular flexibility index (Phi) is 11.8. The minimum absolute atomic E-state index is 0.0342. The van der Waals surface area contributed by atoms with Crippen molar-refractivity contribution < 1.29 is 20.1 Å². The van der Waals surface area contributed by atoms with E-state index in [1.54, 1.807) is 0 Å². The second kappa shape index (κ2) is 13.7. The van der Waals surface area contributed by atoms with Crippen molar-refractivity contribution in [3.63, 3.8) is 0 Å². The molecule has 4 heteroatoms. The van der Waals surface area contributed by atoms with E-state index in [0.717, 1.165) is 51.0 Å². The molecule has 3 N–H and O–H groups in total. The van der Waals surface area contributed by atoms with E-state index in [1.165, 1.54) is 16.7 Å². The summed E-state index contributed by atoms with van der Waals surface area (Å²) in [6.45, 7) is 10.6. The van der Waals surface area contributed by atoms with Crippen molar-refractivity contribution >= 4 is 5.97 Å². The van der Waals surface area contributed by atoms with Crippen molar-refractivity contribution in [2.45, 2.75) is 92.4 Å². The first-order valence-electron chi connectivity index (χ1n) is 11.4. The highest BCUT2D eigenvalue weighted by Gasteiger charge is 2.21. The molecule has 0 radical (unpaired) electrons. The Hall–Kier alpha value is -2.49. The lowest BCUT2D eigenvalue weighted by atomic mass is 9.91. The minimum Gasteiger partial charge on any atom is -0.508 e. The van der Waals surface area contributed by atoms with Gasteiger partial charge in [0, 0.05) is 11.6 Å². The van der Waals surface area contributed by atoms with E-state index < -0.39 is 5.97 Å². The van der Waals surface area contributed by atoms with E-state index in [1.807, 2.05) is 0 Å². The number of carboxylic acids is 1. The standard InChI is InChI=1S/C27H40O4/c1-6-7-8-15-23-22(24(28)18-25(29)26(23)27(30)31)17-16-21(5)14-10-13-20(4)12-9-11-19(2)3/h11,13,16,18,28-29H,6-10,12,14-15,17H2,1-5H3,(H,30,31)/b20-13+,21-16+. The smallest absolute Gasteiger partial charge is 0.339 e. The maximum absolute atomic E-state index is 11.7. The number of carboxylic acid groups (broad SMARTS) is 1. The fraction of sp³-hybridized carbons (Fsp3) is 0.519. The molecule has 0 bridgehead atoms. The molecule has 0 unspecified atom stereocenters. The van der Waals surface area contributed by atoms with Crippen LogP contribution in [0, 0.1) is 0 Å². The molecule has 1 aromatic carbocycles. The van der Waals surface area contributed by atoms with Crippen LogP contribution in [-0.2, 0) is 12.8 Å². The van der Waals surface area contributed by atoms with Crippen molar-refractivity contribution in [2.24, 2.45) is 0 Å². The van der Waals surface area contributed by atoms with Crippen LogP contribution in [0.25, 0.3) is 0 Å². The number of benzene rings is 1. The molecule has 0 aliphatic rings. The minimum atomic E-state index is -1.15. The zero-order valence-corrected chi connectivity index (χ0v) is 19.9. The van der Waals surface area contributed by atoms with Crippen LogP contribution in [0.4, 0.5) is 0 Å². The van der Waals surface area contributed by atoms with Gasteiger partial charge in [0.25, 0.3) is 0 Å². The molecule has 0 amide bonds. The Morgan fingerprint density at radius 1 is 0.871 bits per heavy atom. The second-order valence-electron chi connectivity index (χ2n) is 8.67. The Bertz CT molecular complexity index is 824. The summed E-state index contributed by atoms with van der Waals surface area (Å²) in [4.78, 5) is 11.7. The molecule has 0 spiro atoms. The van der Waals surface area contributed by atoms with Gasteiger partial charge >= 0.3 is 5.97 Å². The van der Waals surface area contributed by atoms with Gasteiger partial charge in [0.15, 0.2) is 0 Å². The third-order valence-corrected chi connectivity index (χ3v) is 5.53. The average molecular weight is 429 g/mol. The number of aromatic hydroxyl groups is 2. The molecule has 0 aliphatic carbocycles. The normalized spacial score (nSPS) is 12.2. The van der Waals surface area contributed by atoms with Crippen molar-refractivity contribution in [3.8, 4) is 11.5 Å². The molecule has 31 heavy (non-hydrogen) atoms. The van der Waals surface area contributed by atoms with Gasteiger partial charge in [0.1, 0.15) is 17.1 Å². The summed E-state index contributed by atoms with van der Waals surface area (Å²) in [7, 11) is 0. The summed E-state index contributed by atoms with van der Waals surface area (Å²) in [5.41, 5.74) is 5.04. The molecule has 0 atom stereocenters. The largest absolute Gasteiger partial charge is 0.508 e. The van der Waals surface area contributed by atoms with Gasteiger partial charge in [-0.1, -0.05) is 54.7 Å². The Balaban J connectivity index is 2.90. The quantitative estimate of drug-likeness (QED) is 0.225. The molecule has 0 saturated heterocycles. The van der Waals surface area contributed by atoms with Gasteiger partial charge in [-0.2, -0.15) is 0 Å². The first kappa shape index (κ1) is 26.5. The number of phenolic OH excluding ortho intramolecular Hbond substituents is 1. The zero-order valence-electron chi connectivity index (χ0n) is 19.9. The number of allylic oxidation sites excluding steroid dienone is 6. The fourth-order valence-electron chi connectivity index (χ4n) is 3.66. The highest BCUT2D eigenvalue weighted by atomic mass is 16.4. The molecular formula is C27H40O4. The van der Waals surface area contributed by atoms with Crippen molar-refractivity contribution in [1.82, 2.24) is 0 Å². The Labute approximate surface area is 188 Å². The number of hydrogen-bond donors (Lipinski definition) is 3. The monoisotopic (exact) mass is 428 g/mol. The molecule has 0 fully saturated rings. The van der Waals surface area contributed by atoms with Gasteiger partial charge in [-0.3, -0.25) is 0 Å². The van der Waals surface area contributed by atoms with Gasteiger partial charge < -0.3 is 15.3 Å². The number of carbonyl (C=O) groups is 1. The third kappa shape index (κ3) is 9.46. The SMILES string of the molecule is CCCCCc1c(C/C=C(\C)CC/C=C(\C)CCC=C(C)C)c(O)cc(O)c1C(=O)O. The van der Waals surface area contributed by atoms with Gasteiger partial charge in [-0.05, 0) is 78.2 Å². The summed E-state index contributed by atoms with van der Waals surface area (Å²) in [6, 6.07) is 1.16. The number of aromatic carboxylic acids is 1. The van der Waals surface area contributed by atoms with Crippen LogP contribution in [0.15, 0.2) is 41.0 Å². The molecule has 0 heterocycles. The van der Waals surface area contributed by atoms with Crippen molar-refractivity contribution in [1.29, 1.82) is 0 Å². The van der Waals surface area contributed by atoms with E-state index >= 15 is 0 Å². The van der Waals surface area contributed by atoms with Gasteiger partial charge in [-0.25, -0.2) is 4.79 Å². The summed E-state index contributed by atoms with van der Waals surface area (Å²) >= 11 is 0. The summed E-state index contributed by atoms with van der Waals surface area (Å²) < 4.78 is 0. The summed E-state index contributed by atoms with van der Waals surface area (Å²) in [5.74, 6) is -1.55. The highest BCUT2D eigenvalue weighted by Crippen LogP contribution is 2.34. The van der Waals surface area contributed by atoms with Crippen LogP contribution in [0.3, 0.4) is 0 Å². The molecule has 1 aromatic rings. The maximum Gasteiger partial charge on any atom is 0.339 e. The zero-order chi connectivity index (χ0) is 23.4. The van der Waals surface area contributed by atoms with Crippen molar-refractivity contribution in [3.05, 3.63) is 57.7 Å². The molecule has 0 aliphatic heterocycles. The predicted molar refractivity (Wildman–Crippen MR) is 129 cm³/mol. The van der Waals surface area contributed by atoms with Crippen LogP contribution in [0.2, 0.25) is 0 Å².